The topological polar surface area (TPSA) is 3.88 Å². The Morgan fingerprint density at radius 1 is 0.524 bits per heavy atom. The van der Waals surface area contributed by atoms with Crippen molar-refractivity contribution in [1.29, 1.82) is 0 Å². The number of pyridine rings is 1. The predicted octanol–water partition coefficient (Wildman–Crippen LogP) is 3.81. The van der Waals surface area contributed by atoms with Crippen LogP contribution >= 0.6 is 0 Å². The van der Waals surface area contributed by atoms with Crippen molar-refractivity contribution in [1.82, 2.24) is 0 Å². The number of aryl methyl sites for hydroxylation is 2. The first-order chi connectivity index (χ1) is 10.4. The zero-order chi connectivity index (χ0) is 14.3. The highest BCUT2D eigenvalue weighted by molar-refractivity contribution is 5.18. The highest BCUT2D eigenvalue weighted by Gasteiger charge is 2.03. The standard InChI is InChI=1S/C20H20N/c1-3-7-18(8-4-1)11-12-19-13-15-21(16-14-19)17-20-9-5-2-6-10-20/h1-10,13-16H,11-12,17H2/q+1. The van der Waals surface area contributed by atoms with E-state index in [1.54, 1.807) is 0 Å². The Kier molecular flexibility index (Phi) is 4.42. The summed E-state index contributed by atoms with van der Waals surface area (Å²) in [6.07, 6.45) is 6.54. The average Bonchev–Trinajstić information content (AvgIpc) is 2.56. The molecule has 0 atom stereocenters. The van der Waals surface area contributed by atoms with Gasteiger partial charge in [-0.2, -0.15) is 0 Å². The Morgan fingerprint density at radius 3 is 1.57 bits per heavy atom. The Morgan fingerprint density at radius 2 is 1.00 bits per heavy atom. The summed E-state index contributed by atoms with van der Waals surface area (Å²) in [5.74, 6) is 0. The van der Waals surface area contributed by atoms with Gasteiger partial charge in [0.25, 0.3) is 0 Å². The minimum Gasteiger partial charge on any atom is -0.201 e. The van der Waals surface area contributed by atoms with Crippen LogP contribution in [-0.2, 0) is 19.4 Å². The van der Waals surface area contributed by atoms with Gasteiger partial charge in [0.15, 0.2) is 18.9 Å². The molecule has 0 aliphatic carbocycles. The molecule has 1 aromatic heterocycles. The van der Waals surface area contributed by atoms with Crippen molar-refractivity contribution in [2.24, 2.45) is 0 Å². The van der Waals surface area contributed by atoms with Crippen LogP contribution in [0, 0.1) is 0 Å². The number of benzene rings is 2. The SMILES string of the molecule is c1ccc(CCc2cc[n+](Cc3ccccc3)cc2)cc1. The first-order valence-corrected chi connectivity index (χ1v) is 7.46. The lowest BCUT2D eigenvalue weighted by molar-refractivity contribution is -0.688. The molecule has 0 saturated heterocycles. The second-order valence-corrected chi connectivity index (χ2v) is 5.35. The van der Waals surface area contributed by atoms with Crippen LogP contribution in [0.3, 0.4) is 0 Å². The molecule has 3 aromatic rings. The van der Waals surface area contributed by atoms with Crippen LogP contribution in [0.5, 0.6) is 0 Å². The molecule has 0 aliphatic heterocycles. The van der Waals surface area contributed by atoms with Crippen molar-refractivity contribution < 1.29 is 4.57 Å². The van der Waals surface area contributed by atoms with E-state index in [2.05, 4.69) is 89.8 Å². The van der Waals surface area contributed by atoms with Gasteiger partial charge in [0, 0.05) is 17.7 Å². The van der Waals surface area contributed by atoms with E-state index in [4.69, 9.17) is 0 Å². The zero-order valence-corrected chi connectivity index (χ0v) is 12.2. The van der Waals surface area contributed by atoms with Gasteiger partial charge in [-0.25, -0.2) is 4.57 Å². The Balaban J connectivity index is 1.59. The summed E-state index contributed by atoms with van der Waals surface area (Å²) in [4.78, 5) is 0. The normalized spacial score (nSPS) is 10.5. The molecule has 0 N–H and O–H groups in total. The second-order valence-electron chi connectivity index (χ2n) is 5.35. The van der Waals surface area contributed by atoms with Crippen LogP contribution in [0.15, 0.2) is 85.2 Å². The first-order valence-electron chi connectivity index (χ1n) is 7.46. The summed E-state index contributed by atoms with van der Waals surface area (Å²) in [5, 5.41) is 0. The molecule has 104 valence electrons. The minimum atomic E-state index is 0.930. The third-order valence-corrected chi connectivity index (χ3v) is 3.71. The van der Waals surface area contributed by atoms with Crippen LogP contribution in [0.25, 0.3) is 0 Å². The van der Waals surface area contributed by atoms with Crippen molar-refractivity contribution in [2.75, 3.05) is 0 Å². The van der Waals surface area contributed by atoms with Crippen LogP contribution in [0.2, 0.25) is 0 Å². The smallest absolute Gasteiger partial charge is 0.173 e. The monoisotopic (exact) mass is 274 g/mol. The van der Waals surface area contributed by atoms with Gasteiger partial charge in [-0.05, 0) is 24.0 Å². The molecule has 0 saturated carbocycles. The summed E-state index contributed by atoms with van der Waals surface area (Å²) >= 11 is 0. The quantitative estimate of drug-likeness (QED) is 0.623. The summed E-state index contributed by atoms with van der Waals surface area (Å²) in [5.41, 5.74) is 4.13. The maximum absolute atomic E-state index is 2.23. The van der Waals surface area contributed by atoms with Gasteiger partial charge >= 0.3 is 0 Å². The number of hydrogen-bond acceptors (Lipinski definition) is 0. The van der Waals surface area contributed by atoms with Gasteiger partial charge in [0.1, 0.15) is 0 Å². The Hall–Kier alpha value is -2.41. The van der Waals surface area contributed by atoms with Crippen molar-refractivity contribution in [2.45, 2.75) is 19.4 Å². The molecule has 0 fully saturated rings. The van der Waals surface area contributed by atoms with Gasteiger partial charge in [-0.15, -0.1) is 0 Å². The molecule has 2 aromatic carbocycles. The number of hydrogen-bond donors (Lipinski definition) is 0. The number of nitrogens with zero attached hydrogens (tertiary/aromatic N) is 1. The molecule has 3 rings (SSSR count). The van der Waals surface area contributed by atoms with E-state index in [1.165, 1.54) is 16.7 Å². The average molecular weight is 274 g/mol. The Bertz CT molecular complexity index is 657. The fraction of sp³-hybridized carbons (Fsp3) is 0.150. The first kappa shape index (κ1) is 13.6. The molecule has 0 spiro atoms. The van der Waals surface area contributed by atoms with Gasteiger partial charge in [-0.1, -0.05) is 60.7 Å². The second kappa shape index (κ2) is 6.85. The summed E-state index contributed by atoms with van der Waals surface area (Å²) in [6.45, 7) is 0.930. The van der Waals surface area contributed by atoms with E-state index in [-0.39, 0.29) is 0 Å². The van der Waals surface area contributed by atoms with Crippen LogP contribution in [-0.4, -0.2) is 0 Å². The molecule has 0 radical (unpaired) electrons. The van der Waals surface area contributed by atoms with Crippen molar-refractivity contribution in [3.63, 3.8) is 0 Å². The largest absolute Gasteiger partial charge is 0.201 e. The molecule has 1 nitrogen and oxygen atoms in total. The van der Waals surface area contributed by atoms with E-state index in [0.717, 1.165) is 19.4 Å². The van der Waals surface area contributed by atoms with E-state index in [0.29, 0.717) is 0 Å². The lowest BCUT2D eigenvalue weighted by Gasteiger charge is -2.02. The molecule has 0 unspecified atom stereocenters. The molecule has 1 heteroatoms. The molecule has 0 amide bonds. The molecule has 21 heavy (non-hydrogen) atoms. The lowest BCUT2D eigenvalue weighted by Crippen LogP contribution is -2.33. The van der Waals surface area contributed by atoms with Gasteiger partial charge in [0.05, 0.1) is 0 Å². The molecule has 1 heterocycles. The summed E-state index contributed by atoms with van der Waals surface area (Å²) in [6, 6.07) is 25.7. The Labute approximate surface area is 126 Å². The van der Waals surface area contributed by atoms with Gasteiger partial charge in [-0.3, -0.25) is 0 Å². The fourth-order valence-corrected chi connectivity index (χ4v) is 2.49. The maximum atomic E-state index is 2.23. The van der Waals surface area contributed by atoms with Crippen molar-refractivity contribution >= 4 is 0 Å². The third kappa shape index (κ3) is 4.03. The van der Waals surface area contributed by atoms with Crippen LogP contribution < -0.4 is 4.57 Å². The van der Waals surface area contributed by atoms with Gasteiger partial charge in [0.2, 0.25) is 0 Å². The van der Waals surface area contributed by atoms with E-state index >= 15 is 0 Å². The van der Waals surface area contributed by atoms with E-state index in [9.17, 15) is 0 Å². The van der Waals surface area contributed by atoms with E-state index in [1.807, 2.05) is 0 Å². The number of aromatic nitrogens is 1. The van der Waals surface area contributed by atoms with Crippen LogP contribution in [0.4, 0.5) is 0 Å². The highest BCUT2D eigenvalue weighted by atomic mass is 14.9. The van der Waals surface area contributed by atoms with Crippen molar-refractivity contribution in [3.05, 3.63) is 102 Å². The molecular formula is C20H20N+. The zero-order valence-electron chi connectivity index (χ0n) is 12.2. The molecular weight excluding hydrogens is 254 g/mol. The van der Waals surface area contributed by atoms with Crippen LogP contribution in [0.1, 0.15) is 16.7 Å². The van der Waals surface area contributed by atoms with Crippen molar-refractivity contribution in [3.8, 4) is 0 Å². The summed E-state index contributed by atoms with van der Waals surface area (Å²) < 4.78 is 2.22. The maximum Gasteiger partial charge on any atom is 0.173 e. The van der Waals surface area contributed by atoms with E-state index < -0.39 is 0 Å². The summed E-state index contributed by atoms with van der Waals surface area (Å²) in [7, 11) is 0. The predicted molar refractivity (Wildman–Crippen MR) is 86.0 cm³/mol. The third-order valence-electron chi connectivity index (χ3n) is 3.71. The molecule has 0 bridgehead atoms. The number of rotatable bonds is 5. The van der Waals surface area contributed by atoms with Gasteiger partial charge < -0.3 is 0 Å². The lowest BCUT2D eigenvalue weighted by atomic mass is 10.1. The fourth-order valence-electron chi connectivity index (χ4n) is 2.49. The minimum absolute atomic E-state index is 0.930. The highest BCUT2D eigenvalue weighted by Crippen LogP contribution is 2.06. The molecule has 0 aliphatic rings.